The summed E-state index contributed by atoms with van der Waals surface area (Å²) in [6.07, 6.45) is 1.48. The van der Waals surface area contributed by atoms with Crippen molar-refractivity contribution < 1.29 is 9.59 Å². The van der Waals surface area contributed by atoms with Crippen LogP contribution < -0.4 is 4.90 Å². The molecular weight excluding hydrogens is 256 g/mol. The summed E-state index contributed by atoms with van der Waals surface area (Å²) in [4.78, 5) is 29.2. The summed E-state index contributed by atoms with van der Waals surface area (Å²) in [5.74, 6) is -0.606. The summed E-state index contributed by atoms with van der Waals surface area (Å²) in [5.41, 5.74) is 0.873. The van der Waals surface area contributed by atoms with Crippen LogP contribution in [0.4, 0.5) is 5.00 Å². The number of hydrogen-bond donors (Lipinski definition) is 1. The van der Waals surface area contributed by atoms with Crippen LogP contribution in [0.3, 0.4) is 0 Å². The van der Waals surface area contributed by atoms with Crippen molar-refractivity contribution in [2.75, 3.05) is 4.90 Å². The normalized spacial score (nSPS) is 14.3. The van der Waals surface area contributed by atoms with Gasteiger partial charge in [0.05, 0.1) is 17.3 Å². The molecule has 0 aliphatic carbocycles. The van der Waals surface area contributed by atoms with Crippen molar-refractivity contribution in [3.63, 3.8) is 0 Å². The number of thiol groups is 1. The molecule has 3 rings (SSSR count). The summed E-state index contributed by atoms with van der Waals surface area (Å²) >= 11 is 5.28. The fourth-order valence-electron chi connectivity index (χ4n) is 1.75. The van der Waals surface area contributed by atoms with Crippen LogP contribution in [0.5, 0.6) is 0 Å². The minimum absolute atomic E-state index is 0.303. The Bertz CT molecular complexity index is 601. The van der Waals surface area contributed by atoms with Gasteiger partial charge in [0.1, 0.15) is 9.34 Å². The number of amides is 2. The lowest BCUT2D eigenvalue weighted by atomic mass is 10.1. The Morgan fingerprint density at radius 2 is 1.71 bits per heavy atom. The first-order valence-electron chi connectivity index (χ1n) is 4.81. The average molecular weight is 262 g/mol. The minimum atomic E-state index is -0.303. The van der Waals surface area contributed by atoms with Gasteiger partial charge in [0.15, 0.2) is 0 Å². The van der Waals surface area contributed by atoms with E-state index in [0.29, 0.717) is 20.5 Å². The SMILES string of the molecule is O=C1c2ccccc2C(=O)N1c1cnc(S)s1. The van der Waals surface area contributed by atoms with Crippen molar-refractivity contribution in [3.05, 3.63) is 41.6 Å². The first kappa shape index (κ1) is 10.5. The molecule has 84 valence electrons. The van der Waals surface area contributed by atoms with Gasteiger partial charge in [-0.15, -0.1) is 12.6 Å². The van der Waals surface area contributed by atoms with Crippen molar-refractivity contribution >= 4 is 40.8 Å². The number of nitrogens with zero attached hydrogens (tertiary/aromatic N) is 2. The second-order valence-corrected chi connectivity index (χ2v) is 5.21. The van der Waals surface area contributed by atoms with Gasteiger partial charge in [-0.25, -0.2) is 9.88 Å². The lowest BCUT2D eigenvalue weighted by Gasteiger charge is -2.09. The van der Waals surface area contributed by atoms with Crippen LogP contribution >= 0.6 is 24.0 Å². The zero-order valence-corrected chi connectivity index (χ0v) is 10.2. The van der Waals surface area contributed by atoms with Crippen molar-refractivity contribution in [1.82, 2.24) is 4.98 Å². The first-order chi connectivity index (χ1) is 8.18. The van der Waals surface area contributed by atoms with Gasteiger partial charge >= 0.3 is 0 Å². The lowest BCUT2D eigenvalue weighted by molar-refractivity contribution is 0.0927. The maximum atomic E-state index is 12.1. The molecule has 0 bridgehead atoms. The van der Waals surface area contributed by atoms with Gasteiger partial charge < -0.3 is 0 Å². The summed E-state index contributed by atoms with van der Waals surface area (Å²) in [7, 11) is 0. The molecule has 1 aromatic heterocycles. The van der Waals surface area contributed by atoms with Crippen molar-refractivity contribution in [1.29, 1.82) is 0 Å². The summed E-state index contributed by atoms with van der Waals surface area (Å²) in [6, 6.07) is 6.78. The van der Waals surface area contributed by atoms with Crippen LogP contribution in [0.2, 0.25) is 0 Å². The highest BCUT2D eigenvalue weighted by Crippen LogP contribution is 2.32. The smallest absolute Gasteiger partial charge is 0.266 e. The van der Waals surface area contributed by atoms with Gasteiger partial charge in [0.2, 0.25) is 0 Å². The average Bonchev–Trinajstić information content (AvgIpc) is 2.84. The van der Waals surface area contributed by atoms with E-state index in [2.05, 4.69) is 17.6 Å². The van der Waals surface area contributed by atoms with Crippen LogP contribution in [0, 0.1) is 0 Å². The summed E-state index contributed by atoms with van der Waals surface area (Å²) in [5, 5.41) is 0.501. The highest BCUT2D eigenvalue weighted by atomic mass is 32.2. The lowest BCUT2D eigenvalue weighted by Crippen LogP contribution is -2.28. The highest BCUT2D eigenvalue weighted by Gasteiger charge is 2.37. The van der Waals surface area contributed by atoms with E-state index in [-0.39, 0.29) is 11.8 Å². The molecule has 6 heteroatoms. The van der Waals surface area contributed by atoms with E-state index in [1.807, 2.05) is 0 Å². The van der Waals surface area contributed by atoms with Crippen molar-refractivity contribution in [3.8, 4) is 0 Å². The number of hydrogen-bond acceptors (Lipinski definition) is 5. The first-order valence-corrected chi connectivity index (χ1v) is 6.07. The van der Waals surface area contributed by atoms with Gasteiger partial charge in [-0.3, -0.25) is 9.59 Å². The summed E-state index contributed by atoms with van der Waals surface area (Å²) < 4.78 is 0.525. The van der Waals surface area contributed by atoms with Crippen LogP contribution in [0.25, 0.3) is 0 Å². The molecule has 2 aromatic rings. The van der Waals surface area contributed by atoms with Gasteiger partial charge in [0.25, 0.3) is 11.8 Å². The van der Waals surface area contributed by atoms with E-state index in [1.54, 1.807) is 24.3 Å². The number of anilines is 1. The molecule has 4 nitrogen and oxygen atoms in total. The number of benzene rings is 1. The molecule has 0 N–H and O–H groups in total. The van der Waals surface area contributed by atoms with Crippen LogP contribution in [-0.4, -0.2) is 16.8 Å². The van der Waals surface area contributed by atoms with Gasteiger partial charge in [-0.1, -0.05) is 23.5 Å². The molecule has 17 heavy (non-hydrogen) atoms. The molecule has 0 unspecified atom stereocenters. The quantitative estimate of drug-likeness (QED) is 0.633. The van der Waals surface area contributed by atoms with Gasteiger partial charge in [0, 0.05) is 0 Å². The van der Waals surface area contributed by atoms with E-state index < -0.39 is 0 Å². The number of carbonyl (C=O) groups is 2. The van der Waals surface area contributed by atoms with Crippen molar-refractivity contribution in [2.45, 2.75) is 4.34 Å². The third-order valence-corrected chi connectivity index (χ3v) is 3.67. The zero-order chi connectivity index (χ0) is 12.0. The number of carbonyl (C=O) groups excluding carboxylic acids is 2. The molecule has 0 fully saturated rings. The Hall–Kier alpha value is -1.66. The number of imide groups is 1. The van der Waals surface area contributed by atoms with E-state index in [1.165, 1.54) is 17.5 Å². The number of rotatable bonds is 1. The Kier molecular flexibility index (Phi) is 2.27. The second kappa shape index (κ2) is 3.68. The van der Waals surface area contributed by atoms with E-state index in [4.69, 9.17) is 0 Å². The second-order valence-electron chi connectivity index (χ2n) is 3.47. The molecule has 0 spiro atoms. The van der Waals surface area contributed by atoms with Crippen LogP contribution in [0.1, 0.15) is 20.7 Å². The predicted octanol–water partition coefficient (Wildman–Crippen LogP) is 2.23. The summed E-state index contributed by atoms with van der Waals surface area (Å²) in [6.45, 7) is 0. The number of fused-ring (bicyclic) bond motifs is 1. The Morgan fingerprint density at radius 3 is 2.18 bits per heavy atom. The maximum absolute atomic E-state index is 12.1. The van der Waals surface area contributed by atoms with E-state index in [9.17, 15) is 9.59 Å². The molecule has 1 aliphatic rings. The third-order valence-electron chi connectivity index (χ3n) is 2.50. The van der Waals surface area contributed by atoms with Crippen LogP contribution in [-0.2, 0) is 0 Å². The standard InChI is InChI=1S/C11H6N2O2S2/c14-9-6-3-1-2-4-7(6)10(15)13(9)8-5-12-11(16)17-8/h1-5H,(H,12,16). The van der Waals surface area contributed by atoms with Gasteiger partial charge in [-0.05, 0) is 12.1 Å². The number of thiazole rings is 1. The molecule has 2 amide bonds. The molecule has 0 saturated heterocycles. The molecule has 2 heterocycles. The molecule has 1 aliphatic heterocycles. The molecular formula is C11H6N2O2S2. The van der Waals surface area contributed by atoms with Crippen molar-refractivity contribution in [2.24, 2.45) is 0 Å². The van der Waals surface area contributed by atoms with E-state index >= 15 is 0 Å². The third kappa shape index (κ3) is 1.49. The zero-order valence-electron chi connectivity index (χ0n) is 8.45. The minimum Gasteiger partial charge on any atom is -0.268 e. The molecule has 1 aromatic carbocycles. The number of aromatic nitrogens is 1. The fraction of sp³-hybridized carbons (Fsp3) is 0. The largest absolute Gasteiger partial charge is 0.268 e. The molecule has 0 radical (unpaired) electrons. The van der Waals surface area contributed by atoms with E-state index in [0.717, 1.165) is 4.90 Å². The predicted molar refractivity (Wildman–Crippen MR) is 66.9 cm³/mol. The highest BCUT2D eigenvalue weighted by molar-refractivity contribution is 7.82. The Morgan fingerprint density at radius 1 is 1.12 bits per heavy atom. The molecule has 0 saturated carbocycles. The monoisotopic (exact) mass is 262 g/mol. The maximum Gasteiger partial charge on any atom is 0.266 e. The topological polar surface area (TPSA) is 50.3 Å². The van der Waals surface area contributed by atoms with Gasteiger partial charge in [-0.2, -0.15) is 0 Å². The fourth-order valence-corrected chi connectivity index (χ4v) is 2.74. The Balaban J connectivity index is 2.12. The molecule has 0 atom stereocenters. The Labute approximate surface area is 106 Å². The van der Waals surface area contributed by atoms with Crippen LogP contribution in [0.15, 0.2) is 34.8 Å².